The van der Waals surface area contributed by atoms with Gasteiger partial charge < -0.3 is 14.8 Å². The van der Waals surface area contributed by atoms with Crippen molar-refractivity contribution < 1.29 is 14.3 Å². The maximum atomic E-state index is 12.3. The molecule has 2 rings (SSSR count). The van der Waals surface area contributed by atoms with E-state index in [9.17, 15) is 4.79 Å². The zero-order valence-electron chi connectivity index (χ0n) is 14.8. The van der Waals surface area contributed by atoms with Crippen molar-refractivity contribution in [2.45, 2.75) is 26.8 Å². The van der Waals surface area contributed by atoms with E-state index in [2.05, 4.69) is 17.4 Å². The predicted octanol–water partition coefficient (Wildman–Crippen LogP) is 3.51. The Hall–Kier alpha value is -2.49. The van der Waals surface area contributed by atoms with Crippen molar-refractivity contribution >= 4 is 5.91 Å². The van der Waals surface area contributed by atoms with Gasteiger partial charge >= 0.3 is 0 Å². The van der Waals surface area contributed by atoms with Gasteiger partial charge in [-0.3, -0.25) is 4.79 Å². The molecule has 0 spiro atoms. The molecule has 0 aliphatic rings. The molecule has 1 unspecified atom stereocenters. The third kappa shape index (κ3) is 4.75. The van der Waals surface area contributed by atoms with Crippen molar-refractivity contribution in [2.75, 3.05) is 14.2 Å². The lowest BCUT2D eigenvalue weighted by molar-refractivity contribution is -0.124. The molecule has 0 bridgehead atoms. The molecule has 0 saturated carbocycles. The SMILES string of the molecule is COc1ccc(CC(C)C(=O)NCc2ccc(C)cc2)cc1OC. The topological polar surface area (TPSA) is 47.6 Å². The molecule has 2 aromatic carbocycles. The summed E-state index contributed by atoms with van der Waals surface area (Å²) in [5.41, 5.74) is 3.37. The predicted molar refractivity (Wildman–Crippen MR) is 95.4 cm³/mol. The van der Waals surface area contributed by atoms with Crippen LogP contribution in [0.2, 0.25) is 0 Å². The van der Waals surface area contributed by atoms with E-state index >= 15 is 0 Å². The van der Waals surface area contributed by atoms with E-state index in [0.29, 0.717) is 24.5 Å². The fraction of sp³-hybridized carbons (Fsp3) is 0.350. The van der Waals surface area contributed by atoms with Crippen LogP contribution in [-0.4, -0.2) is 20.1 Å². The van der Waals surface area contributed by atoms with Crippen LogP contribution in [0.15, 0.2) is 42.5 Å². The second-order valence-electron chi connectivity index (χ2n) is 6.00. The van der Waals surface area contributed by atoms with Crippen molar-refractivity contribution in [2.24, 2.45) is 5.92 Å². The first-order valence-corrected chi connectivity index (χ1v) is 8.07. The summed E-state index contributed by atoms with van der Waals surface area (Å²) in [5.74, 6) is 1.30. The van der Waals surface area contributed by atoms with Crippen LogP contribution < -0.4 is 14.8 Å². The highest BCUT2D eigenvalue weighted by Crippen LogP contribution is 2.28. The number of ether oxygens (including phenoxy) is 2. The summed E-state index contributed by atoms with van der Waals surface area (Å²) in [6.07, 6.45) is 0.653. The monoisotopic (exact) mass is 327 g/mol. The van der Waals surface area contributed by atoms with Crippen molar-refractivity contribution in [1.82, 2.24) is 5.32 Å². The molecule has 0 aliphatic heterocycles. The average molecular weight is 327 g/mol. The summed E-state index contributed by atoms with van der Waals surface area (Å²) < 4.78 is 10.5. The van der Waals surface area contributed by atoms with E-state index in [1.165, 1.54) is 5.56 Å². The first kappa shape index (κ1) is 17.9. The molecule has 0 heterocycles. The van der Waals surface area contributed by atoms with E-state index in [4.69, 9.17) is 9.47 Å². The molecule has 0 fully saturated rings. The van der Waals surface area contributed by atoms with Gasteiger partial charge in [-0.1, -0.05) is 42.8 Å². The number of aryl methyl sites for hydroxylation is 1. The van der Waals surface area contributed by atoms with Gasteiger partial charge in [-0.25, -0.2) is 0 Å². The van der Waals surface area contributed by atoms with Gasteiger partial charge in [0.2, 0.25) is 5.91 Å². The minimum atomic E-state index is -0.117. The minimum Gasteiger partial charge on any atom is -0.493 e. The zero-order chi connectivity index (χ0) is 17.5. The van der Waals surface area contributed by atoms with Gasteiger partial charge in [-0.05, 0) is 36.6 Å². The molecule has 0 radical (unpaired) electrons. The maximum Gasteiger partial charge on any atom is 0.223 e. The van der Waals surface area contributed by atoms with E-state index in [1.807, 2.05) is 44.2 Å². The maximum absolute atomic E-state index is 12.3. The number of nitrogens with one attached hydrogen (secondary N) is 1. The highest BCUT2D eigenvalue weighted by molar-refractivity contribution is 5.78. The van der Waals surface area contributed by atoms with Crippen LogP contribution in [0.5, 0.6) is 11.5 Å². The van der Waals surface area contributed by atoms with Gasteiger partial charge in [-0.15, -0.1) is 0 Å². The molecule has 1 atom stereocenters. The first-order valence-electron chi connectivity index (χ1n) is 8.07. The number of hydrogen-bond donors (Lipinski definition) is 1. The van der Waals surface area contributed by atoms with E-state index in [1.54, 1.807) is 14.2 Å². The Labute approximate surface area is 143 Å². The van der Waals surface area contributed by atoms with Gasteiger partial charge in [-0.2, -0.15) is 0 Å². The van der Waals surface area contributed by atoms with Gasteiger partial charge in [0.25, 0.3) is 0 Å². The van der Waals surface area contributed by atoms with Crippen LogP contribution in [0.25, 0.3) is 0 Å². The van der Waals surface area contributed by atoms with Crippen molar-refractivity contribution in [3.05, 3.63) is 59.2 Å². The lowest BCUT2D eigenvalue weighted by atomic mass is 10.00. The normalized spacial score (nSPS) is 11.7. The Balaban J connectivity index is 1.92. The second kappa shape index (κ2) is 8.39. The molecule has 4 heteroatoms. The van der Waals surface area contributed by atoms with Crippen LogP contribution in [0, 0.1) is 12.8 Å². The standard InChI is InChI=1S/C20H25NO3/c1-14-5-7-16(8-6-14)13-21-20(22)15(2)11-17-9-10-18(23-3)19(12-17)24-4/h5-10,12,15H,11,13H2,1-4H3,(H,21,22). The Morgan fingerprint density at radius 2 is 1.62 bits per heavy atom. The van der Waals surface area contributed by atoms with Gasteiger partial charge in [0.15, 0.2) is 11.5 Å². The lowest BCUT2D eigenvalue weighted by Crippen LogP contribution is -2.29. The summed E-state index contributed by atoms with van der Waals surface area (Å²) >= 11 is 0. The molecule has 0 aromatic heterocycles. The fourth-order valence-electron chi connectivity index (χ4n) is 2.52. The molecule has 2 aromatic rings. The zero-order valence-corrected chi connectivity index (χ0v) is 14.8. The first-order chi connectivity index (χ1) is 11.5. The smallest absolute Gasteiger partial charge is 0.223 e. The van der Waals surface area contributed by atoms with E-state index in [-0.39, 0.29) is 11.8 Å². The van der Waals surface area contributed by atoms with Crippen LogP contribution in [0.1, 0.15) is 23.6 Å². The van der Waals surface area contributed by atoms with Gasteiger partial charge in [0.05, 0.1) is 14.2 Å². The quantitative estimate of drug-likeness (QED) is 0.846. The Morgan fingerprint density at radius 3 is 2.25 bits per heavy atom. The van der Waals surface area contributed by atoms with Crippen LogP contribution in [0.4, 0.5) is 0 Å². The van der Waals surface area contributed by atoms with Gasteiger partial charge in [0, 0.05) is 12.5 Å². The summed E-state index contributed by atoms with van der Waals surface area (Å²) in [7, 11) is 3.22. The second-order valence-corrected chi connectivity index (χ2v) is 6.00. The minimum absolute atomic E-state index is 0.0466. The molecule has 0 aliphatic carbocycles. The summed E-state index contributed by atoms with van der Waals surface area (Å²) in [6, 6.07) is 13.9. The third-order valence-electron chi connectivity index (χ3n) is 4.02. The average Bonchev–Trinajstić information content (AvgIpc) is 2.60. The highest BCUT2D eigenvalue weighted by atomic mass is 16.5. The fourth-order valence-corrected chi connectivity index (χ4v) is 2.52. The number of carbonyl (C=O) groups excluding carboxylic acids is 1. The lowest BCUT2D eigenvalue weighted by Gasteiger charge is -2.14. The van der Waals surface area contributed by atoms with Crippen LogP contribution in [0.3, 0.4) is 0 Å². The molecule has 24 heavy (non-hydrogen) atoms. The van der Waals surface area contributed by atoms with Crippen molar-refractivity contribution in [3.63, 3.8) is 0 Å². The molecule has 1 amide bonds. The number of hydrogen-bond acceptors (Lipinski definition) is 3. The Bertz CT molecular complexity index is 680. The number of amides is 1. The molecule has 0 saturated heterocycles. The van der Waals surface area contributed by atoms with Crippen molar-refractivity contribution in [3.8, 4) is 11.5 Å². The summed E-state index contributed by atoms with van der Waals surface area (Å²) in [4.78, 5) is 12.3. The number of rotatable bonds is 7. The number of carbonyl (C=O) groups is 1. The van der Waals surface area contributed by atoms with Gasteiger partial charge in [0.1, 0.15) is 0 Å². The molecule has 128 valence electrons. The highest BCUT2D eigenvalue weighted by Gasteiger charge is 2.14. The van der Waals surface area contributed by atoms with Crippen LogP contribution in [-0.2, 0) is 17.8 Å². The number of benzene rings is 2. The van der Waals surface area contributed by atoms with E-state index in [0.717, 1.165) is 11.1 Å². The number of methoxy groups -OCH3 is 2. The van der Waals surface area contributed by atoms with E-state index < -0.39 is 0 Å². The third-order valence-corrected chi connectivity index (χ3v) is 4.02. The molecular formula is C20H25NO3. The molecular weight excluding hydrogens is 302 g/mol. The van der Waals surface area contributed by atoms with Crippen molar-refractivity contribution in [1.29, 1.82) is 0 Å². The molecule has 1 N–H and O–H groups in total. The largest absolute Gasteiger partial charge is 0.493 e. The summed E-state index contributed by atoms with van der Waals surface area (Å²) in [5, 5.41) is 2.99. The van der Waals surface area contributed by atoms with Crippen LogP contribution >= 0.6 is 0 Å². The summed E-state index contributed by atoms with van der Waals surface area (Å²) in [6.45, 7) is 4.53. The molecule has 4 nitrogen and oxygen atoms in total. The Morgan fingerprint density at radius 1 is 1.00 bits per heavy atom. The Kier molecular flexibility index (Phi) is 6.24.